The van der Waals surface area contributed by atoms with Gasteiger partial charge in [-0.05, 0) is 16.8 Å². The Labute approximate surface area is 204 Å². The topological polar surface area (TPSA) is 12.9 Å². The van der Waals surface area contributed by atoms with E-state index < -0.39 is 8.07 Å². The van der Waals surface area contributed by atoms with Gasteiger partial charge in [0.15, 0.2) is 0 Å². The Morgan fingerprint density at radius 2 is 0.970 bits per heavy atom. The fourth-order valence-electron chi connectivity index (χ4n) is 5.71. The minimum atomic E-state index is -1.71. The van der Waals surface area contributed by atoms with Crippen molar-refractivity contribution in [1.29, 1.82) is 0 Å². The summed E-state index contributed by atoms with van der Waals surface area (Å²) < 4.78 is 0. The zero-order valence-electron chi connectivity index (χ0n) is 21.7. The predicted molar refractivity (Wildman–Crippen MR) is 151 cm³/mol. The van der Waals surface area contributed by atoms with Crippen LogP contribution in [0.15, 0.2) is 48.5 Å². The fraction of sp³-hybridized carbons (Fsp3) is 0.581. The van der Waals surface area contributed by atoms with Crippen LogP contribution in [0.3, 0.4) is 0 Å². The zero-order chi connectivity index (χ0) is 23.4. The van der Waals surface area contributed by atoms with Crippen molar-refractivity contribution in [3.8, 4) is 0 Å². The Hall–Kier alpha value is -1.67. The molecule has 1 nitrogen and oxygen atoms in total. The third kappa shape index (κ3) is 6.91. The quantitative estimate of drug-likeness (QED) is 0.117. The van der Waals surface area contributed by atoms with E-state index in [-0.39, 0.29) is 0 Å². The summed E-state index contributed by atoms with van der Waals surface area (Å²) in [6, 6.07) is 22.3. The van der Waals surface area contributed by atoms with Crippen molar-refractivity contribution in [2.24, 2.45) is 0 Å². The Bertz CT molecular complexity index is 932. The molecule has 0 atom stereocenters. The van der Waals surface area contributed by atoms with Crippen molar-refractivity contribution in [2.45, 2.75) is 116 Å². The highest BCUT2D eigenvalue weighted by Gasteiger charge is 2.36. The molecule has 1 heterocycles. The van der Waals surface area contributed by atoms with Gasteiger partial charge in [0.1, 0.15) is 8.07 Å². The number of hydrogen-bond acceptors (Lipinski definition) is 1. The predicted octanol–water partition coefficient (Wildman–Crippen LogP) is 9.78. The molecule has 0 unspecified atom stereocenters. The number of fused-ring (bicyclic) bond motifs is 3. The van der Waals surface area contributed by atoms with Gasteiger partial charge in [-0.3, -0.25) is 4.98 Å². The van der Waals surface area contributed by atoms with Gasteiger partial charge < -0.3 is 0 Å². The minimum absolute atomic E-state index is 1.21. The van der Waals surface area contributed by atoms with Crippen LogP contribution in [-0.4, -0.2) is 13.1 Å². The SMILES string of the molecule is CCCCCC[Si](CCCCCC)(CCCCCC)c1nc2ccccc2c2ccccc12. The Morgan fingerprint density at radius 3 is 1.48 bits per heavy atom. The molecule has 2 heteroatoms. The van der Waals surface area contributed by atoms with E-state index in [2.05, 4.69) is 69.3 Å². The first-order valence-corrected chi connectivity index (χ1v) is 16.7. The Balaban J connectivity index is 2.08. The lowest BCUT2D eigenvalue weighted by Crippen LogP contribution is -2.49. The first-order valence-electron chi connectivity index (χ1n) is 14.0. The summed E-state index contributed by atoms with van der Waals surface area (Å²) in [6.45, 7) is 7.00. The van der Waals surface area contributed by atoms with Crippen LogP contribution in [0.2, 0.25) is 18.1 Å². The number of benzene rings is 2. The molecule has 2 aromatic carbocycles. The van der Waals surface area contributed by atoms with E-state index in [1.54, 1.807) is 5.32 Å². The van der Waals surface area contributed by atoms with Crippen LogP contribution in [-0.2, 0) is 0 Å². The molecule has 0 radical (unpaired) electrons. The summed E-state index contributed by atoms with van der Waals surface area (Å²) in [5.41, 5.74) is 1.21. The molecule has 3 aromatic rings. The van der Waals surface area contributed by atoms with Gasteiger partial charge in [0.2, 0.25) is 0 Å². The first kappa shape index (κ1) is 25.9. The number of unbranched alkanes of at least 4 members (excludes halogenated alkanes) is 9. The molecule has 3 rings (SSSR count). The molecule has 0 aliphatic heterocycles. The number of rotatable bonds is 16. The van der Waals surface area contributed by atoms with E-state index in [0.29, 0.717) is 0 Å². The zero-order valence-corrected chi connectivity index (χ0v) is 22.7. The normalized spacial score (nSPS) is 12.1. The van der Waals surface area contributed by atoms with Gasteiger partial charge in [-0.15, -0.1) is 0 Å². The molecule has 0 saturated carbocycles. The molecule has 1 aromatic heterocycles. The standard InChI is InChI=1S/C31H47NSi/c1-4-7-10-17-24-33(25-18-11-8-5-2,26-19-12-9-6-3)31-29-22-14-13-20-27(29)28-21-15-16-23-30(28)32-31/h13-16,20-23H,4-12,17-19,24-26H2,1-3H3. The second-order valence-electron chi connectivity index (χ2n) is 10.2. The lowest BCUT2D eigenvalue weighted by atomic mass is 10.1. The lowest BCUT2D eigenvalue weighted by molar-refractivity contribution is 0.667. The van der Waals surface area contributed by atoms with E-state index in [0.717, 1.165) is 0 Å². The molecule has 0 saturated heterocycles. The van der Waals surface area contributed by atoms with Gasteiger partial charge in [0, 0.05) is 10.7 Å². The summed E-state index contributed by atoms with van der Waals surface area (Å²) in [6.07, 6.45) is 16.4. The van der Waals surface area contributed by atoms with Crippen LogP contribution >= 0.6 is 0 Å². The van der Waals surface area contributed by atoms with Crippen molar-refractivity contribution < 1.29 is 0 Å². The molecule has 0 N–H and O–H groups in total. The van der Waals surface area contributed by atoms with E-state index in [9.17, 15) is 0 Å². The van der Waals surface area contributed by atoms with Gasteiger partial charge in [0.25, 0.3) is 0 Å². The second kappa shape index (κ2) is 13.9. The maximum absolute atomic E-state index is 5.53. The monoisotopic (exact) mass is 461 g/mol. The lowest BCUT2D eigenvalue weighted by Gasteiger charge is -2.33. The van der Waals surface area contributed by atoms with Crippen LogP contribution < -0.4 is 5.32 Å². The highest BCUT2D eigenvalue weighted by Crippen LogP contribution is 2.33. The number of para-hydroxylation sites is 1. The molecule has 0 bridgehead atoms. The Kier molecular flexibility index (Phi) is 10.9. The largest absolute Gasteiger partial charge is 0.257 e. The molecule has 33 heavy (non-hydrogen) atoms. The number of hydrogen-bond donors (Lipinski definition) is 0. The van der Waals surface area contributed by atoms with Gasteiger partial charge >= 0.3 is 0 Å². The minimum Gasteiger partial charge on any atom is -0.257 e. The van der Waals surface area contributed by atoms with Gasteiger partial charge in [-0.1, -0.05) is 158 Å². The number of aromatic nitrogens is 1. The van der Waals surface area contributed by atoms with Crippen LogP contribution in [0.4, 0.5) is 0 Å². The molecule has 0 aliphatic carbocycles. The fourth-order valence-corrected chi connectivity index (χ4v) is 11.1. The van der Waals surface area contributed by atoms with Crippen LogP contribution in [0.25, 0.3) is 21.7 Å². The molecule has 0 spiro atoms. The highest BCUT2D eigenvalue weighted by molar-refractivity contribution is 6.93. The first-order chi connectivity index (χ1) is 16.3. The van der Waals surface area contributed by atoms with E-state index in [1.807, 2.05) is 0 Å². The average Bonchev–Trinajstić information content (AvgIpc) is 2.86. The molecular weight excluding hydrogens is 414 g/mol. The molecule has 0 amide bonds. The molecule has 0 fully saturated rings. The third-order valence-electron chi connectivity index (χ3n) is 7.64. The summed E-state index contributed by atoms with van der Waals surface area (Å²) in [4.78, 5) is 5.53. The summed E-state index contributed by atoms with van der Waals surface area (Å²) in [5.74, 6) is 0. The molecule has 180 valence electrons. The molecular formula is C31H47NSi. The third-order valence-corrected chi connectivity index (χ3v) is 13.0. The number of nitrogens with zero attached hydrogens (tertiary/aromatic N) is 1. The van der Waals surface area contributed by atoms with Gasteiger partial charge in [-0.2, -0.15) is 0 Å². The van der Waals surface area contributed by atoms with Crippen molar-refractivity contribution >= 4 is 35.1 Å². The smallest absolute Gasteiger partial charge is 0.111 e. The van der Waals surface area contributed by atoms with Crippen LogP contribution in [0, 0.1) is 0 Å². The maximum atomic E-state index is 5.53. The summed E-state index contributed by atoms with van der Waals surface area (Å²) in [5, 5.41) is 5.75. The average molecular weight is 462 g/mol. The molecule has 0 aliphatic rings. The van der Waals surface area contributed by atoms with Crippen LogP contribution in [0.5, 0.6) is 0 Å². The van der Waals surface area contributed by atoms with Crippen molar-refractivity contribution in [3.63, 3.8) is 0 Å². The van der Waals surface area contributed by atoms with Crippen molar-refractivity contribution in [2.75, 3.05) is 0 Å². The summed E-state index contributed by atoms with van der Waals surface area (Å²) >= 11 is 0. The van der Waals surface area contributed by atoms with Gasteiger partial charge in [-0.25, -0.2) is 0 Å². The van der Waals surface area contributed by atoms with Crippen LogP contribution in [0.1, 0.15) is 97.8 Å². The maximum Gasteiger partial charge on any atom is 0.111 e. The van der Waals surface area contributed by atoms with E-state index in [4.69, 9.17) is 4.98 Å². The van der Waals surface area contributed by atoms with Crippen molar-refractivity contribution in [1.82, 2.24) is 4.98 Å². The number of pyridine rings is 1. The second-order valence-corrected chi connectivity index (χ2v) is 14.8. The summed E-state index contributed by atoms with van der Waals surface area (Å²) in [7, 11) is -1.71. The highest BCUT2D eigenvalue weighted by atomic mass is 28.3. The Morgan fingerprint density at radius 1 is 0.515 bits per heavy atom. The van der Waals surface area contributed by atoms with E-state index in [1.165, 1.54) is 117 Å². The van der Waals surface area contributed by atoms with Crippen molar-refractivity contribution in [3.05, 3.63) is 48.5 Å². The van der Waals surface area contributed by atoms with E-state index >= 15 is 0 Å². The van der Waals surface area contributed by atoms with Gasteiger partial charge in [0.05, 0.1) is 5.52 Å².